The van der Waals surface area contributed by atoms with E-state index in [9.17, 15) is 18.8 Å². The molecule has 0 spiro atoms. The van der Waals surface area contributed by atoms with Crippen LogP contribution in [0.25, 0.3) is 5.69 Å². The third-order valence-corrected chi connectivity index (χ3v) is 6.25. The average molecular weight is 515 g/mol. The normalized spacial score (nSPS) is 17.1. The molecule has 4 rings (SSSR count). The van der Waals surface area contributed by atoms with E-state index in [1.54, 1.807) is 36.3 Å². The van der Waals surface area contributed by atoms with E-state index in [0.717, 1.165) is 10.6 Å². The molecule has 1 saturated heterocycles. The number of likely N-dealkylation sites (tertiary alicyclic amines) is 1. The summed E-state index contributed by atoms with van der Waals surface area (Å²) in [6.45, 7) is 0.644. The molecule has 0 saturated carbocycles. The minimum Gasteiger partial charge on any atom is -0.477 e. The smallest absolute Gasteiger partial charge is 0.341 e. The fourth-order valence-corrected chi connectivity index (χ4v) is 4.23. The van der Waals surface area contributed by atoms with E-state index in [2.05, 4.69) is 10.6 Å². The molecule has 2 heterocycles. The van der Waals surface area contributed by atoms with E-state index >= 15 is 0 Å². The van der Waals surface area contributed by atoms with Gasteiger partial charge in [-0.1, -0.05) is 11.6 Å². The summed E-state index contributed by atoms with van der Waals surface area (Å²) in [7, 11) is 1.58. The van der Waals surface area contributed by atoms with Crippen molar-refractivity contribution in [1.82, 2.24) is 9.47 Å². The lowest BCUT2D eigenvalue weighted by molar-refractivity contribution is 0.0694. The lowest BCUT2D eigenvalue weighted by Crippen LogP contribution is -2.42. The second-order valence-electron chi connectivity index (χ2n) is 8.28. The van der Waals surface area contributed by atoms with Crippen molar-refractivity contribution in [2.45, 2.75) is 18.6 Å². The summed E-state index contributed by atoms with van der Waals surface area (Å²) < 4.78 is 21.4. The van der Waals surface area contributed by atoms with Crippen molar-refractivity contribution < 1.29 is 23.8 Å². The number of carboxylic acids is 1. The van der Waals surface area contributed by atoms with Crippen molar-refractivity contribution in [3.8, 4) is 5.69 Å². The molecule has 1 fully saturated rings. The van der Waals surface area contributed by atoms with Crippen LogP contribution in [0.15, 0.2) is 65.6 Å². The number of amides is 2. The predicted molar refractivity (Wildman–Crippen MR) is 134 cm³/mol. The largest absolute Gasteiger partial charge is 0.477 e. The number of methoxy groups -OCH3 is 1. The number of carbonyl (C=O) groups excluding carboxylic acids is 1. The molecule has 2 amide bonds. The maximum absolute atomic E-state index is 14.9. The third kappa shape index (κ3) is 5.50. The Bertz CT molecular complexity index is 1330. The summed E-state index contributed by atoms with van der Waals surface area (Å²) in [4.78, 5) is 38.2. The van der Waals surface area contributed by atoms with E-state index in [1.807, 2.05) is 0 Å². The van der Waals surface area contributed by atoms with Gasteiger partial charge in [0.2, 0.25) is 0 Å². The molecule has 0 radical (unpaired) electrons. The number of urea groups is 1. The summed E-state index contributed by atoms with van der Waals surface area (Å²) in [5.74, 6) is -1.98. The van der Waals surface area contributed by atoms with E-state index in [4.69, 9.17) is 21.4 Å². The molecule has 11 heteroatoms. The topological polar surface area (TPSA) is 113 Å². The summed E-state index contributed by atoms with van der Waals surface area (Å²) >= 11 is 5.90. The summed E-state index contributed by atoms with van der Waals surface area (Å²) in [6.07, 6.45) is 1.78. The van der Waals surface area contributed by atoms with Gasteiger partial charge in [-0.25, -0.2) is 14.0 Å². The lowest BCUT2D eigenvalue weighted by atomic mass is 10.2. The Hall–Kier alpha value is -3.89. The van der Waals surface area contributed by atoms with Crippen LogP contribution in [0.3, 0.4) is 0 Å². The zero-order valence-electron chi connectivity index (χ0n) is 19.3. The molecule has 0 aliphatic carbocycles. The van der Waals surface area contributed by atoms with Crippen LogP contribution in [0.4, 0.5) is 20.6 Å². The second kappa shape index (κ2) is 10.8. The summed E-state index contributed by atoms with van der Waals surface area (Å²) in [5, 5.41) is 15.6. The molecule has 36 heavy (non-hydrogen) atoms. The van der Waals surface area contributed by atoms with Crippen molar-refractivity contribution in [3.05, 3.63) is 87.6 Å². The van der Waals surface area contributed by atoms with Crippen molar-refractivity contribution in [3.63, 3.8) is 0 Å². The molecule has 1 aromatic heterocycles. The van der Waals surface area contributed by atoms with Gasteiger partial charge in [0.15, 0.2) is 0 Å². The number of anilines is 2. The molecule has 3 N–H and O–H groups in total. The average Bonchev–Trinajstić information content (AvgIpc) is 3.28. The van der Waals surface area contributed by atoms with Gasteiger partial charge >= 0.3 is 12.0 Å². The van der Waals surface area contributed by atoms with E-state index in [0.29, 0.717) is 23.7 Å². The van der Waals surface area contributed by atoms with E-state index in [-0.39, 0.29) is 36.1 Å². The van der Waals surface area contributed by atoms with Crippen molar-refractivity contribution in [2.75, 3.05) is 30.8 Å². The van der Waals surface area contributed by atoms with Crippen molar-refractivity contribution in [1.29, 1.82) is 0 Å². The van der Waals surface area contributed by atoms with Gasteiger partial charge in [-0.3, -0.25) is 9.36 Å². The second-order valence-corrected chi connectivity index (χ2v) is 8.72. The lowest BCUT2D eigenvalue weighted by Gasteiger charge is -2.25. The van der Waals surface area contributed by atoms with Gasteiger partial charge < -0.3 is 25.4 Å². The molecule has 3 aromatic rings. The van der Waals surface area contributed by atoms with Crippen LogP contribution in [0.5, 0.6) is 0 Å². The van der Waals surface area contributed by atoms with Gasteiger partial charge in [0.1, 0.15) is 11.4 Å². The highest BCUT2D eigenvalue weighted by molar-refractivity contribution is 6.30. The number of ether oxygens (including phenoxy) is 1. The van der Waals surface area contributed by atoms with Crippen molar-refractivity contribution >= 4 is 35.0 Å². The number of rotatable bonds is 7. The molecule has 1 aliphatic heterocycles. The summed E-state index contributed by atoms with van der Waals surface area (Å²) in [5.41, 5.74) is -0.202. The number of nitrogens with one attached hydrogen (secondary N) is 2. The molecule has 1 aliphatic rings. The van der Waals surface area contributed by atoms with E-state index in [1.165, 1.54) is 30.5 Å². The van der Waals surface area contributed by atoms with Crippen molar-refractivity contribution in [2.24, 2.45) is 0 Å². The quantitative estimate of drug-likeness (QED) is 0.438. The van der Waals surface area contributed by atoms with Crippen LogP contribution >= 0.6 is 11.6 Å². The summed E-state index contributed by atoms with van der Waals surface area (Å²) in [6, 6.07) is 12.9. The van der Waals surface area contributed by atoms with Gasteiger partial charge in [0.25, 0.3) is 5.56 Å². The minimum absolute atomic E-state index is 0.159. The molecule has 2 atom stereocenters. The van der Waals surface area contributed by atoms with Crippen LogP contribution < -0.4 is 16.2 Å². The Balaban J connectivity index is 1.47. The molecule has 9 nitrogen and oxygen atoms in total. The zero-order valence-corrected chi connectivity index (χ0v) is 20.0. The maximum atomic E-state index is 14.9. The zero-order chi connectivity index (χ0) is 25.8. The van der Waals surface area contributed by atoms with Crippen LogP contribution in [-0.2, 0) is 4.74 Å². The Morgan fingerprint density at radius 1 is 1.19 bits per heavy atom. The molecule has 0 bridgehead atoms. The maximum Gasteiger partial charge on any atom is 0.341 e. The van der Waals surface area contributed by atoms with Crippen LogP contribution in [0, 0.1) is 5.82 Å². The van der Waals surface area contributed by atoms with Crippen LogP contribution in [-0.4, -0.2) is 58.9 Å². The van der Waals surface area contributed by atoms with Gasteiger partial charge in [-0.05, 0) is 55.0 Å². The van der Waals surface area contributed by atoms with Crippen LogP contribution in [0.1, 0.15) is 16.8 Å². The Morgan fingerprint density at radius 3 is 2.61 bits per heavy atom. The number of hydrogen-bond acceptors (Lipinski definition) is 5. The number of pyridine rings is 1. The number of carboxylic acid groups (broad SMARTS) is 1. The first kappa shape index (κ1) is 25.2. The Labute approximate surface area is 211 Å². The highest BCUT2D eigenvalue weighted by Crippen LogP contribution is 2.24. The number of carbonyl (C=O) groups is 2. The van der Waals surface area contributed by atoms with E-state index < -0.39 is 22.9 Å². The number of nitrogens with zero attached hydrogens (tertiary/aromatic N) is 2. The monoisotopic (exact) mass is 514 g/mol. The highest BCUT2D eigenvalue weighted by Gasteiger charge is 2.35. The first-order valence-electron chi connectivity index (χ1n) is 11.1. The molecular formula is C25H24ClFN4O5. The number of benzene rings is 2. The number of aromatic carboxylic acids is 1. The predicted octanol–water partition coefficient (Wildman–Crippen LogP) is 4.06. The minimum atomic E-state index is -1.36. The van der Waals surface area contributed by atoms with Gasteiger partial charge in [-0.15, -0.1) is 0 Å². The fourth-order valence-electron chi connectivity index (χ4n) is 4.10. The Morgan fingerprint density at radius 2 is 1.94 bits per heavy atom. The van der Waals surface area contributed by atoms with Crippen LogP contribution in [0.2, 0.25) is 5.02 Å². The third-order valence-electron chi connectivity index (χ3n) is 6.00. The Kier molecular flexibility index (Phi) is 7.56. The highest BCUT2D eigenvalue weighted by atomic mass is 35.5. The first-order valence-corrected chi connectivity index (χ1v) is 11.5. The number of halogens is 2. The molecule has 2 aromatic carbocycles. The van der Waals surface area contributed by atoms with Gasteiger partial charge in [0, 0.05) is 43.2 Å². The van der Waals surface area contributed by atoms with Gasteiger partial charge in [0.05, 0.1) is 23.5 Å². The number of hydrogen-bond donors (Lipinski definition) is 3. The fraction of sp³-hybridized carbons (Fsp3) is 0.240. The van der Waals surface area contributed by atoms with Gasteiger partial charge in [-0.2, -0.15) is 0 Å². The molecule has 2 unspecified atom stereocenters. The molecule has 188 valence electrons. The SMILES string of the molecule is COC1CC(CNc2ccc(-n3cccc(C(=O)O)c3=O)cc2F)N(C(=O)Nc2ccc(Cl)cc2)C1. The first-order chi connectivity index (χ1) is 17.3. The standard InChI is InChI=1S/C25H24ClFN4O5/c1-36-19-11-18(31(14-19)25(35)29-16-6-4-15(26)5-7-16)13-28-22-9-8-17(12-21(22)27)30-10-2-3-20(23(30)32)24(33)34/h2-10,12,18-19,28H,11,13-14H2,1H3,(H,29,35)(H,33,34). The molecular weight excluding hydrogens is 491 g/mol. The number of aromatic nitrogens is 1.